The SMILES string of the molecule is CSc1cc(Cl)c(OC(F)(F)F)c(Cl)c1Cl. The molecule has 0 amide bonds. The zero-order valence-electron chi connectivity index (χ0n) is 7.66. The van der Waals surface area contributed by atoms with Gasteiger partial charge in [-0.25, -0.2) is 0 Å². The van der Waals surface area contributed by atoms with Crippen LogP contribution in [-0.2, 0) is 0 Å². The van der Waals surface area contributed by atoms with Gasteiger partial charge in [0.05, 0.1) is 10.0 Å². The van der Waals surface area contributed by atoms with Crippen molar-refractivity contribution in [3.63, 3.8) is 0 Å². The molecular weight excluding hydrogens is 308 g/mol. The molecule has 0 heterocycles. The van der Waals surface area contributed by atoms with Crippen molar-refractivity contribution < 1.29 is 17.9 Å². The molecule has 0 fully saturated rings. The summed E-state index contributed by atoms with van der Waals surface area (Å²) in [6.07, 6.45) is -3.17. The zero-order chi connectivity index (χ0) is 12.5. The van der Waals surface area contributed by atoms with Crippen LogP contribution >= 0.6 is 46.6 Å². The van der Waals surface area contributed by atoms with Crippen LogP contribution in [0.4, 0.5) is 13.2 Å². The number of hydrogen-bond donors (Lipinski definition) is 0. The summed E-state index contributed by atoms with van der Waals surface area (Å²) >= 11 is 18.2. The Morgan fingerprint density at radius 1 is 1.19 bits per heavy atom. The lowest BCUT2D eigenvalue weighted by atomic mass is 10.3. The third-order valence-electron chi connectivity index (χ3n) is 1.52. The van der Waals surface area contributed by atoms with Crippen molar-refractivity contribution in [3.8, 4) is 5.75 Å². The maximum absolute atomic E-state index is 12.0. The van der Waals surface area contributed by atoms with Gasteiger partial charge in [0.15, 0.2) is 5.75 Å². The van der Waals surface area contributed by atoms with Gasteiger partial charge in [0.25, 0.3) is 0 Å². The highest BCUT2D eigenvalue weighted by molar-refractivity contribution is 7.98. The molecule has 0 N–H and O–H groups in total. The Kier molecular flexibility index (Phi) is 4.51. The van der Waals surface area contributed by atoms with Crippen LogP contribution in [0, 0.1) is 0 Å². The normalized spacial score (nSPS) is 11.7. The molecule has 0 aliphatic heterocycles. The summed E-state index contributed by atoms with van der Waals surface area (Å²) in [6, 6.07) is 1.27. The zero-order valence-corrected chi connectivity index (χ0v) is 10.7. The van der Waals surface area contributed by atoms with Crippen LogP contribution in [-0.4, -0.2) is 12.6 Å². The molecular formula is C8H4Cl3F3OS. The minimum atomic E-state index is -4.86. The Bertz CT molecular complexity index is 408. The molecule has 0 saturated carbocycles. The maximum Gasteiger partial charge on any atom is 0.573 e. The molecule has 0 aliphatic rings. The first kappa shape index (κ1) is 14.1. The van der Waals surface area contributed by atoms with Crippen molar-refractivity contribution in [2.24, 2.45) is 0 Å². The standard InChI is InChI=1S/C8H4Cl3F3OS/c1-16-4-2-3(9)7(6(11)5(4)10)15-8(12,13)14/h2H,1H3. The minimum Gasteiger partial charge on any atom is -0.403 e. The summed E-state index contributed by atoms with van der Waals surface area (Å²) in [7, 11) is 0. The van der Waals surface area contributed by atoms with Crippen molar-refractivity contribution in [1.82, 2.24) is 0 Å². The van der Waals surface area contributed by atoms with E-state index in [9.17, 15) is 13.2 Å². The number of benzene rings is 1. The van der Waals surface area contributed by atoms with Crippen LogP contribution in [0.5, 0.6) is 5.75 Å². The summed E-state index contributed by atoms with van der Waals surface area (Å²) in [6.45, 7) is 0. The lowest BCUT2D eigenvalue weighted by molar-refractivity contribution is -0.274. The van der Waals surface area contributed by atoms with Crippen LogP contribution in [0.15, 0.2) is 11.0 Å². The van der Waals surface area contributed by atoms with Crippen LogP contribution in [0.2, 0.25) is 15.1 Å². The van der Waals surface area contributed by atoms with E-state index in [4.69, 9.17) is 34.8 Å². The van der Waals surface area contributed by atoms with Gasteiger partial charge >= 0.3 is 6.36 Å². The van der Waals surface area contributed by atoms with Crippen molar-refractivity contribution in [2.45, 2.75) is 11.3 Å². The number of ether oxygens (including phenoxy) is 1. The fraction of sp³-hybridized carbons (Fsp3) is 0.250. The topological polar surface area (TPSA) is 9.23 Å². The quantitative estimate of drug-likeness (QED) is 0.544. The molecule has 1 aromatic rings. The summed E-state index contributed by atoms with van der Waals surface area (Å²) in [5.74, 6) is -0.682. The molecule has 0 atom stereocenters. The molecule has 0 aliphatic carbocycles. The van der Waals surface area contributed by atoms with Crippen LogP contribution < -0.4 is 4.74 Å². The monoisotopic (exact) mass is 310 g/mol. The Hall–Kier alpha value is 0.0300. The fourth-order valence-electron chi connectivity index (χ4n) is 0.915. The van der Waals surface area contributed by atoms with Gasteiger partial charge in [0.1, 0.15) is 5.02 Å². The predicted octanol–water partition coefficient (Wildman–Crippen LogP) is 5.27. The Labute approximate surface area is 109 Å². The minimum absolute atomic E-state index is 0.0159. The number of thioether (sulfide) groups is 1. The molecule has 16 heavy (non-hydrogen) atoms. The van der Waals surface area contributed by atoms with Gasteiger partial charge in [-0.2, -0.15) is 0 Å². The molecule has 1 rings (SSSR count). The average molecular weight is 312 g/mol. The summed E-state index contributed by atoms with van der Waals surface area (Å²) in [5.41, 5.74) is 0. The molecule has 0 spiro atoms. The molecule has 0 unspecified atom stereocenters. The average Bonchev–Trinajstić information content (AvgIpc) is 2.17. The first-order chi connectivity index (χ1) is 7.26. The second kappa shape index (κ2) is 5.12. The van der Waals surface area contributed by atoms with Crippen LogP contribution in [0.3, 0.4) is 0 Å². The van der Waals surface area contributed by atoms with E-state index in [-0.39, 0.29) is 15.1 Å². The van der Waals surface area contributed by atoms with Gasteiger partial charge in [-0.1, -0.05) is 34.8 Å². The van der Waals surface area contributed by atoms with Crippen molar-refractivity contribution >= 4 is 46.6 Å². The van der Waals surface area contributed by atoms with Crippen molar-refractivity contribution in [1.29, 1.82) is 0 Å². The molecule has 0 aromatic heterocycles. The van der Waals surface area contributed by atoms with Gasteiger partial charge in [-0.05, 0) is 12.3 Å². The highest BCUT2D eigenvalue weighted by atomic mass is 35.5. The van der Waals surface area contributed by atoms with E-state index in [0.29, 0.717) is 4.90 Å². The number of alkyl halides is 3. The Morgan fingerprint density at radius 3 is 2.19 bits per heavy atom. The van der Waals surface area contributed by atoms with E-state index >= 15 is 0 Å². The lowest BCUT2D eigenvalue weighted by Gasteiger charge is -2.14. The molecule has 1 aromatic carbocycles. The third kappa shape index (κ3) is 3.26. The maximum atomic E-state index is 12.0. The Balaban J connectivity index is 3.26. The number of rotatable bonds is 2. The van der Waals surface area contributed by atoms with E-state index in [2.05, 4.69) is 4.74 Å². The summed E-state index contributed by atoms with van der Waals surface area (Å²) in [5, 5.41) is -0.607. The molecule has 0 saturated heterocycles. The van der Waals surface area contributed by atoms with E-state index < -0.39 is 12.1 Å². The molecule has 8 heteroatoms. The first-order valence-corrected chi connectivity index (χ1v) is 6.09. The van der Waals surface area contributed by atoms with Gasteiger partial charge < -0.3 is 4.74 Å². The lowest BCUT2D eigenvalue weighted by Crippen LogP contribution is -2.17. The molecule has 1 nitrogen and oxygen atoms in total. The van der Waals surface area contributed by atoms with Crippen LogP contribution in [0.1, 0.15) is 0 Å². The van der Waals surface area contributed by atoms with E-state index in [1.807, 2.05) is 0 Å². The summed E-state index contributed by atoms with van der Waals surface area (Å²) in [4.78, 5) is 0.478. The van der Waals surface area contributed by atoms with Gasteiger partial charge in [0.2, 0.25) is 0 Å². The second-order valence-electron chi connectivity index (χ2n) is 2.57. The predicted molar refractivity (Wildman–Crippen MR) is 59.9 cm³/mol. The second-order valence-corrected chi connectivity index (χ2v) is 4.58. The van der Waals surface area contributed by atoms with E-state index in [1.54, 1.807) is 6.26 Å². The fourth-order valence-corrected chi connectivity index (χ4v) is 2.46. The molecule has 0 radical (unpaired) electrons. The van der Waals surface area contributed by atoms with Gasteiger partial charge in [-0.3, -0.25) is 0 Å². The van der Waals surface area contributed by atoms with Crippen LogP contribution in [0.25, 0.3) is 0 Å². The van der Waals surface area contributed by atoms with Gasteiger partial charge in [-0.15, -0.1) is 24.9 Å². The highest BCUT2D eigenvalue weighted by Gasteiger charge is 2.34. The molecule has 0 bridgehead atoms. The number of hydrogen-bond acceptors (Lipinski definition) is 2. The Morgan fingerprint density at radius 2 is 1.75 bits per heavy atom. The highest BCUT2D eigenvalue weighted by Crippen LogP contribution is 2.45. The largest absolute Gasteiger partial charge is 0.573 e. The van der Waals surface area contributed by atoms with Crippen molar-refractivity contribution in [2.75, 3.05) is 6.26 Å². The first-order valence-electron chi connectivity index (χ1n) is 3.73. The van der Waals surface area contributed by atoms with Crippen molar-refractivity contribution in [3.05, 3.63) is 21.1 Å². The summed E-state index contributed by atoms with van der Waals surface area (Å²) < 4.78 is 39.8. The van der Waals surface area contributed by atoms with Gasteiger partial charge in [0, 0.05) is 4.90 Å². The smallest absolute Gasteiger partial charge is 0.403 e. The third-order valence-corrected chi connectivity index (χ3v) is 3.53. The van der Waals surface area contributed by atoms with E-state index in [1.165, 1.54) is 17.8 Å². The van der Waals surface area contributed by atoms with E-state index in [0.717, 1.165) is 0 Å². The number of halogens is 6. The molecule has 90 valence electrons.